The molecule has 0 aromatic heterocycles. The second-order valence-electron chi connectivity index (χ2n) is 17.6. The fourth-order valence-corrected chi connectivity index (χ4v) is 7.42. The lowest BCUT2D eigenvalue weighted by molar-refractivity contribution is -0.154. The van der Waals surface area contributed by atoms with Crippen molar-refractivity contribution in [1.82, 2.24) is 0 Å². The molecule has 4 nitrogen and oxygen atoms in total. The Hall–Kier alpha value is -2.69. The normalized spacial score (nSPS) is 13.1. The van der Waals surface area contributed by atoms with E-state index < -0.39 is 6.10 Å². The first-order valence-electron chi connectivity index (χ1n) is 26.8. The first-order chi connectivity index (χ1) is 31.2. The monoisotopic (exact) mass is 875 g/mol. The summed E-state index contributed by atoms with van der Waals surface area (Å²) in [4.78, 5) is 12.3. The van der Waals surface area contributed by atoms with Gasteiger partial charge in [-0.2, -0.15) is 0 Å². The molecule has 1 atom stereocenters. The molecule has 1 unspecified atom stereocenters. The van der Waals surface area contributed by atoms with Crippen LogP contribution in [0.15, 0.2) is 97.2 Å². The summed E-state index contributed by atoms with van der Waals surface area (Å²) in [6.45, 7) is 5.21. The van der Waals surface area contributed by atoms with Crippen molar-refractivity contribution in [3.8, 4) is 0 Å². The highest BCUT2D eigenvalue weighted by atomic mass is 16.6. The van der Waals surface area contributed by atoms with Gasteiger partial charge in [-0.05, 0) is 96.3 Å². The van der Waals surface area contributed by atoms with Gasteiger partial charge in [-0.15, -0.1) is 0 Å². The quantitative estimate of drug-likeness (QED) is 0.0376. The minimum atomic E-state index is -0.546. The summed E-state index contributed by atoms with van der Waals surface area (Å²) in [5.41, 5.74) is 0. The highest BCUT2D eigenvalue weighted by molar-refractivity contribution is 5.69. The lowest BCUT2D eigenvalue weighted by atomic mass is 10.0. The molecule has 63 heavy (non-hydrogen) atoms. The van der Waals surface area contributed by atoms with Crippen molar-refractivity contribution in [3.63, 3.8) is 0 Å². The SMILES string of the molecule is CC/C=C\C/C=C\C/C=C\C/C=C\C/C=C\CCCCCCCCCCCCOCC(CO)OC(=O)CCCCCCCCCCCC/C=C\C/C=C\C/C=C\CCCCCCC. The van der Waals surface area contributed by atoms with E-state index in [-0.39, 0.29) is 19.2 Å². The van der Waals surface area contributed by atoms with Crippen molar-refractivity contribution in [1.29, 1.82) is 0 Å². The van der Waals surface area contributed by atoms with Crippen molar-refractivity contribution >= 4 is 5.97 Å². The van der Waals surface area contributed by atoms with Gasteiger partial charge in [-0.3, -0.25) is 4.79 Å². The summed E-state index contributed by atoms with van der Waals surface area (Å²) in [7, 11) is 0. The van der Waals surface area contributed by atoms with Crippen molar-refractivity contribution < 1.29 is 19.4 Å². The molecule has 0 rings (SSSR count). The number of unbranched alkanes of at least 4 members (excludes halogenated alkanes) is 25. The van der Waals surface area contributed by atoms with Crippen LogP contribution >= 0.6 is 0 Å². The second kappa shape index (κ2) is 55.4. The summed E-state index contributed by atoms with van der Waals surface area (Å²) < 4.78 is 11.2. The standard InChI is InChI=1S/C59H102O4/c1-3-5-7-9-11-13-15-17-19-21-23-25-27-29-31-33-35-37-39-41-43-45-47-49-51-53-55-62-57-58(56-60)63-59(61)54-52-50-48-46-44-42-40-38-36-34-32-30-28-26-24-22-20-18-16-14-12-10-8-6-4-2/h5,7,11,13,16-19,22-25,28-31,58,60H,3-4,6,8-10,12,14-15,20-21,26-27,32-57H2,1-2H3/b7-5-,13-11-,18-16-,19-17-,24-22-,25-23-,30-28-,31-29-. The van der Waals surface area contributed by atoms with Crippen LogP contribution in [-0.4, -0.2) is 37.0 Å². The third-order valence-corrected chi connectivity index (χ3v) is 11.4. The maximum absolute atomic E-state index is 12.3. The number of ether oxygens (including phenoxy) is 2. The fourth-order valence-electron chi connectivity index (χ4n) is 7.42. The summed E-state index contributed by atoms with van der Waals surface area (Å²) in [5, 5.41) is 9.67. The molecule has 0 radical (unpaired) electrons. The molecule has 0 amide bonds. The van der Waals surface area contributed by atoms with E-state index in [4.69, 9.17) is 9.47 Å². The van der Waals surface area contributed by atoms with Gasteiger partial charge >= 0.3 is 5.97 Å². The van der Waals surface area contributed by atoms with E-state index in [1.165, 1.54) is 161 Å². The molecule has 1 N–H and O–H groups in total. The van der Waals surface area contributed by atoms with Crippen LogP contribution in [0.25, 0.3) is 0 Å². The van der Waals surface area contributed by atoms with Crippen LogP contribution in [0.3, 0.4) is 0 Å². The lowest BCUT2D eigenvalue weighted by Crippen LogP contribution is -2.27. The Labute approximate surface area is 392 Å². The molecule has 4 heteroatoms. The number of hydrogen-bond acceptors (Lipinski definition) is 4. The minimum Gasteiger partial charge on any atom is -0.457 e. The third kappa shape index (κ3) is 53.6. The van der Waals surface area contributed by atoms with E-state index in [1.807, 2.05) is 0 Å². The van der Waals surface area contributed by atoms with E-state index >= 15 is 0 Å². The highest BCUT2D eigenvalue weighted by Crippen LogP contribution is 2.14. The number of hydrogen-bond donors (Lipinski definition) is 1. The molecule has 0 aliphatic rings. The minimum absolute atomic E-state index is 0.179. The number of aliphatic hydroxyl groups excluding tert-OH is 1. The second-order valence-corrected chi connectivity index (χ2v) is 17.6. The van der Waals surface area contributed by atoms with Gasteiger partial charge in [0, 0.05) is 13.0 Å². The van der Waals surface area contributed by atoms with Crippen LogP contribution in [0.2, 0.25) is 0 Å². The Kier molecular flexibility index (Phi) is 53.1. The largest absolute Gasteiger partial charge is 0.457 e. The topological polar surface area (TPSA) is 55.8 Å². The number of carbonyl (C=O) groups is 1. The van der Waals surface area contributed by atoms with Crippen LogP contribution in [-0.2, 0) is 14.3 Å². The van der Waals surface area contributed by atoms with Gasteiger partial charge in [0.1, 0.15) is 6.10 Å². The zero-order chi connectivity index (χ0) is 45.5. The van der Waals surface area contributed by atoms with Crippen molar-refractivity contribution in [3.05, 3.63) is 97.2 Å². The number of esters is 1. The van der Waals surface area contributed by atoms with Gasteiger partial charge < -0.3 is 14.6 Å². The molecule has 0 aromatic carbocycles. The van der Waals surface area contributed by atoms with Crippen molar-refractivity contribution in [2.24, 2.45) is 0 Å². The molecule has 0 aliphatic carbocycles. The van der Waals surface area contributed by atoms with Crippen LogP contribution < -0.4 is 0 Å². The van der Waals surface area contributed by atoms with Crippen molar-refractivity contribution in [2.75, 3.05) is 19.8 Å². The van der Waals surface area contributed by atoms with Crippen LogP contribution in [0.4, 0.5) is 0 Å². The lowest BCUT2D eigenvalue weighted by Gasteiger charge is -2.16. The molecule has 0 heterocycles. The molecule has 0 saturated heterocycles. The zero-order valence-electron chi connectivity index (χ0n) is 41.6. The summed E-state index contributed by atoms with van der Waals surface area (Å²) in [6.07, 6.45) is 79.3. The summed E-state index contributed by atoms with van der Waals surface area (Å²) in [5.74, 6) is -0.208. The Bertz CT molecular complexity index is 1150. The Morgan fingerprint density at radius 3 is 1.08 bits per heavy atom. The van der Waals surface area contributed by atoms with Crippen LogP contribution in [0.5, 0.6) is 0 Å². The van der Waals surface area contributed by atoms with E-state index in [0.29, 0.717) is 13.0 Å². The first-order valence-corrected chi connectivity index (χ1v) is 26.8. The van der Waals surface area contributed by atoms with Gasteiger partial charge in [-0.1, -0.05) is 239 Å². The number of allylic oxidation sites excluding steroid dienone is 16. The molecular weight excluding hydrogens is 773 g/mol. The van der Waals surface area contributed by atoms with E-state index in [1.54, 1.807) is 0 Å². The number of aliphatic hydroxyl groups is 1. The first kappa shape index (κ1) is 60.3. The fraction of sp³-hybridized carbons (Fsp3) is 0.712. The smallest absolute Gasteiger partial charge is 0.306 e. The highest BCUT2D eigenvalue weighted by Gasteiger charge is 2.13. The van der Waals surface area contributed by atoms with E-state index in [2.05, 4.69) is 111 Å². The van der Waals surface area contributed by atoms with Gasteiger partial charge in [0.2, 0.25) is 0 Å². The van der Waals surface area contributed by atoms with Gasteiger partial charge in [0.05, 0.1) is 13.2 Å². The van der Waals surface area contributed by atoms with Gasteiger partial charge in [0.25, 0.3) is 0 Å². The van der Waals surface area contributed by atoms with E-state index in [9.17, 15) is 9.90 Å². The average Bonchev–Trinajstić information content (AvgIpc) is 3.29. The summed E-state index contributed by atoms with van der Waals surface area (Å²) >= 11 is 0. The predicted molar refractivity (Wildman–Crippen MR) is 278 cm³/mol. The average molecular weight is 875 g/mol. The maximum Gasteiger partial charge on any atom is 0.306 e. The molecule has 0 aromatic rings. The van der Waals surface area contributed by atoms with Gasteiger partial charge in [-0.25, -0.2) is 0 Å². The molecule has 0 fully saturated rings. The number of rotatable bonds is 49. The van der Waals surface area contributed by atoms with Crippen LogP contribution in [0, 0.1) is 0 Å². The summed E-state index contributed by atoms with van der Waals surface area (Å²) in [6, 6.07) is 0. The van der Waals surface area contributed by atoms with Crippen LogP contribution in [0.1, 0.15) is 245 Å². The third-order valence-electron chi connectivity index (χ3n) is 11.4. The Balaban J connectivity index is 3.46. The van der Waals surface area contributed by atoms with Crippen molar-refractivity contribution in [2.45, 2.75) is 251 Å². The van der Waals surface area contributed by atoms with E-state index in [0.717, 1.165) is 64.2 Å². The number of carbonyl (C=O) groups excluding carboxylic acids is 1. The molecule has 0 bridgehead atoms. The molecular formula is C59H102O4. The Morgan fingerprint density at radius 1 is 0.397 bits per heavy atom. The maximum atomic E-state index is 12.3. The Morgan fingerprint density at radius 2 is 0.714 bits per heavy atom. The molecule has 0 saturated carbocycles. The molecule has 362 valence electrons. The van der Waals surface area contributed by atoms with Gasteiger partial charge in [0.15, 0.2) is 0 Å². The molecule has 0 spiro atoms. The predicted octanol–water partition coefficient (Wildman–Crippen LogP) is 18.4. The zero-order valence-corrected chi connectivity index (χ0v) is 41.6. The molecule has 0 aliphatic heterocycles.